The van der Waals surface area contributed by atoms with Gasteiger partial charge in [0.05, 0.1) is 27.9 Å². The van der Waals surface area contributed by atoms with Crippen LogP contribution in [-0.4, -0.2) is 17.6 Å². The Labute approximate surface area is 231 Å². The SMILES string of the molecule is COc1ccccc1[C@@H]1C2=C(N=c3s/c(=C/c4ccc(OC(C)=O)c(Br)c4)c(=O)n31)c1ccccc1CC2. The number of hydrogen-bond acceptors (Lipinski definition) is 6. The minimum absolute atomic E-state index is 0.102. The number of para-hydroxylation sites is 1. The standard InChI is InChI=1S/C30H23BrN2O4S/c1-17(34)37-25-14-11-18(15-23(25)31)16-26-29(35)33-28(21-9-5-6-10-24(21)36-2)22-13-12-19-7-3-4-8-20(19)27(22)32-30(33)38-26/h3-11,14-16,28H,12-13H2,1-2H3/b26-16+/t28-/m1/s1. The van der Waals surface area contributed by atoms with E-state index in [1.54, 1.807) is 13.2 Å². The van der Waals surface area contributed by atoms with Crippen LogP contribution in [0.5, 0.6) is 11.5 Å². The number of rotatable bonds is 4. The van der Waals surface area contributed by atoms with E-state index in [0.29, 0.717) is 19.6 Å². The predicted molar refractivity (Wildman–Crippen MR) is 151 cm³/mol. The summed E-state index contributed by atoms with van der Waals surface area (Å²) in [5.74, 6) is 0.775. The molecular formula is C30H23BrN2O4S. The quantitative estimate of drug-likeness (QED) is 0.249. The zero-order valence-electron chi connectivity index (χ0n) is 20.7. The van der Waals surface area contributed by atoms with Crippen LogP contribution in [0.4, 0.5) is 0 Å². The second-order valence-corrected chi connectivity index (χ2v) is 11.0. The predicted octanol–water partition coefficient (Wildman–Crippen LogP) is 5.02. The van der Waals surface area contributed by atoms with Crippen LogP contribution in [0, 0.1) is 0 Å². The Balaban J connectivity index is 1.57. The maximum absolute atomic E-state index is 14.0. The molecule has 1 aromatic heterocycles. The third-order valence-electron chi connectivity index (χ3n) is 6.81. The summed E-state index contributed by atoms with van der Waals surface area (Å²) in [7, 11) is 1.66. The van der Waals surface area contributed by atoms with Gasteiger partial charge in [-0.15, -0.1) is 0 Å². The second-order valence-electron chi connectivity index (χ2n) is 9.14. The Morgan fingerprint density at radius 2 is 1.87 bits per heavy atom. The Bertz CT molecular complexity index is 1820. The van der Waals surface area contributed by atoms with Crippen molar-refractivity contribution in [2.75, 3.05) is 7.11 Å². The average Bonchev–Trinajstić information content (AvgIpc) is 3.23. The fourth-order valence-corrected chi connectivity index (χ4v) is 6.67. The Morgan fingerprint density at radius 3 is 2.66 bits per heavy atom. The highest BCUT2D eigenvalue weighted by molar-refractivity contribution is 9.10. The lowest BCUT2D eigenvalue weighted by molar-refractivity contribution is -0.131. The molecule has 4 aromatic rings. The van der Waals surface area contributed by atoms with E-state index >= 15 is 0 Å². The van der Waals surface area contributed by atoms with Crippen molar-refractivity contribution in [2.45, 2.75) is 25.8 Å². The van der Waals surface area contributed by atoms with Crippen molar-refractivity contribution in [3.8, 4) is 11.5 Å². The van der Waals surface area contributed by atoms with Crippen LogP contribution in [0.1, 0.15) is 41.6 Å². The molecule has 2 aliphatic rings. The van der Waals surface area contributed by atoms with E-state index in [0.717, 1.165) is 46.6 Å². The highest BCUT2D eigenvalue weighted by Crippen LogP contribution is 2.43. The van der Waals surface area contributed by atoms with E-state index in [1.807, 2.05) is 53.1 Å². The van der Waals surface area contributed by atoms with Gasteiger partial charge < -0.3 is 9.47 Å². The van der Waals surface area contributed by atoms with Gasteiger partial charge in [-0.05, 0) is 69.7 Å². The van der Waals surface area contributed by atoms with Gasteiger partial charge in [0.15, 0.2) is 4.80 Å². The van der Waals surface area contributed by atoms with Gasteiger partial charge in [0.1, 0.15) is 11.5 Å². The number of carbonyl (C=O) groups is 1. The molecule has 0 amide bonds. The Morgan fingerprint density at radius 1 is 1.08 bits per heavy atom. The molecule has 38 heavy (non-hydrogen) atoms. The van der Waals surface area contributed by atoms with Crippen molar-refractivity contribution in [1.82, 2.24) is 4.57 Å². The lowest BCUT2D eigenvalue weighted by Gasteiger charge is -2.31. The first-order valence-electron chi connectivity index (χ1n) is 12.2. The minimum Gasteiger partial charge on any atom is -0.496 e. The number of halogens is 1. The molecule has 2 heterocycles. The molecule has 0 saturated carbocycles. The van der Waals surface area contributed by atoms with Crippen molar-refractivity contribution in [3.63, 3.8) is 0 Å². The number of fused-ring (bicyclic) bond motifs is 3. The minimum atomic E-state index is -0.395. The van der Waals surface area contributed by atoms with Gasteiger partial charge >= 0.3 is 5.97 Å². The number of ether oxygens (including phenoxy) is 2. The van der Waals surface area contributed by atoms with Gasteiger partial charge in [0.25, 0.3) is 5.56 Å². The zero-order chi connectivity index (χ0) is 26.4. The van der Waals surface area contributed by atoms with E-state index in [2.05, 4.69) is 34.1 Å². The normalized spacial score (nSPS) is 16.3. The number of esters is 1. The molecule has 0 unspecified atom stereocenters. The lowest BCUT2D eigenvalue weighted by atomic mass is 9.83. The number of nitrogens with zero attached hydrogens (tertiary/aromatic N) is 2. The number of thiazole rings is 1. The number of aromatic nitrogens is 1. The molecule has 0 radical (unpaired) electrons. The number of methoxy groups -OCH3 is 1. The molecule has 6 nitrogen and oxygen atoms in total. The van der Waals surface area contributed by atoms with Crippen LogP contribution < -0.4 is 24.4 Å². The molecule has 0 bridgehead atoms. The van der Waals surface area contributed by atoms with Crippen LogP contribution in [0.3, 0.4) is 0 Å². The Kier molecular flexibility index (Phi) is 6.37. The first-order chi connectivity index (χ1) is 18.4. The molecule has 0 saturated heterocycles. The van der Waals surface area contributed by atoms with Crippen molar-refractivity contribution < 1.29 is 14.3 Å². The van der Waals surface area contributed by atoms with Gasteiger partial charge in [0.2, 0.25) is 0 Å². The number of aryl methyl sites for hydroxylation is 1. The number of allylic oxidation sites excluding steroid dienone is 1. The van der Waals surface area contributed by atoms with Crippen molar-refractivity contribution in [3.05, 3.63) is 119 Å². The van der Waals surface area contributed by atoms with Gasteiger partial charge in [0, 0.05) is 18.1 Å². The fourth-order valence-electron chi connectivity index (χ4n) is 5.19. The molecule has 6 rings (SSSR count). The summed E-state index contributed by atoms with van der Waals surface area (Å²) in [6.07, 6.45) is 3.55. The van der Waals surface area contributed by atoms with Crippen LogP contribution in [0.25, 0.3) is 11.8 Å². The average molecular weight is 587 g/mol. The van der Waals surface area contributed by atoms with E-state index in [9.17, 15) is 9.59 Å². The summed E-state index contributed by atoms with van der Waals surface area (Å²) >= 11 is 4.83. The highest BCUT2D eigenvalue weighted by atomic mass is 79.9. The fraction of sp³-hybridized carbons (Fsp3) is 0.167. The summed E-state index contributed by atoms with van der Waals surface area (Å²) in [5.41, 5.74) is 6.11. The molecule has 0 spiro atoms. The molecular weight excluding hydrogens is 564 g/mol. The summed E-state index contributed by atoms with van der Waals surface area (Å²) in [6.45, 7) is 1.36. The number of benzene rings is 3. The third-order valence-corrected chi connectivity index (χ3v) is 8.42. The Hall–Kier alpha value is -3.75. The summed E-state index contributed by atoms with van der Waals surface area (Å²) < 4.78 is 14.0. The third kappa shape index (κ3) is 4.23. The van der Waals surface area contributed by atoms with Crippen molar-refractivity contribution in [2.24, 2.45) is 4.99 Å². The molecule has 8 heteroatoms. The monoisotopic (exact) mass is 586 g/mol. The van der Waals surface area contributed by atoms with E-state index in [4.69, 9.17) is 14.5 Å². The molecule has 1 atom stereocenters. The lowest BCUT2D eigenvalue weighted by Crippen LogP contribution is -2.39. The number of carbonyl (C=O) groups excluding carboxylic acids is 1. The summed E-state index contributed by atoms with van der Waals surface area (Å²) in [5, 5.41) is 0. The first kappa shape index (κ1) is 24.6. The van der Waals surface area contributed by atoms with E-state index in [-0.39, 0.29) is 11.6 Å². The van der Waals surface area contributed by atoms with Crippen LogP contribution in [0.15, 0.2) is 86.6 Å². The van der Waals surface area contributed by atoms with Crippen molar-refractivity contribution in [1.29, 1.82) is 0 Å². The van der Waals surface area contributed by atoms with Crippen LogP contribution in [-0.2, 0) is 11.2 Å². The van der Waals surface area contributed by atoms with Gasteiger partial charge in [-0.2, -0.15) is 0 Å². The van der Waals surface area contributed by atoms with E-state index in [1.165, 1.54) is 23.8 Å². The number of hydrogen-bond donors (Lipinski definition) is 0. The molecule has 0 fully saturated rings. The second kappa shape index (κ2) is 9.85. The molecule has 1 aliphatic heterocycles. The maximum atomic E-state index is 14.0. The summed E-state index contributed by atoms with van der Waals surface area (Å²) in [4.78, 5) is 31.0. The molecule has 3 aromatic carbocycles. The van der Waals surface area contributed by atoms with Crippen molar-refractivity contribution >= 4 is 45.0 Å². The molecule has 190 valence electrons. The van der Waals surface area contributed by atoms with Gasteiger partial charge in [-0.1, -0.05) is 59.9 Å². The van der Waals surface area contributed by atoms with Crippen LogP contribution >= 0.6 is 27.3 Å². The van der Waals surface area contributed by atoms with Gasteiger partial charge in [-0.3, -0.25) is 14.2 Å². The maximum Gasteiger partial charge on any atom is 0.308 e. The molecule has 0 N–H and O–H groups in total. The van der Waals surface area contributed by atoms with Gasteiger partial charge in [-0.25, -0.2) is 4.99 Å². The van der Waals surface area contributed by atoms with Crippen LogP contribution in [0.2, 0.25) is 0 Å². The topological polar surface area (TPSA) is 69.9 Å². The first-order valence-corrected chi connectivity index (χ1v) is 13.8. The smallest absolute Gasteiger partial charge is 0.308 e. The molecule has 1 aliphatic carbocycles. The zero-order valence-corrected chi connectivity index (χ0v) is 23.1. The summed E-state index contributed by atoms with van der Waals surface area (Å²) in [6, 6.07) is 21.3. The highest BCUT2D eigenvalue weighted by Gasteiger charge is 2.33. The largest absolute Gasteiger partial charge is 0.496 e. The van der Waals surface area contributed by atoms with E-state index < -0.39 is 5.97 Å².